The molecule has 1 aromatic heterocycles. The molecule has 0 radical (unpaired) electrons. The number of ether oxygens (including phenoxy) is 1. The van der Waals surface area contributed by atoms with E-state index < -0.39 is 11.6 Å². The first kappa shape index (κ1) is 17.1. The Balaban J connectivity index is 1.64. The molecule has 0 fully saturated rings. The first-order chi connectivity index (χ1) is 12.5. The maximum absolute atomic E-state index is 12.3. The topological polar surface area (TPSA) is 56.5 Å². The number of fused-ring (bicyclic) bond motifs is 2. The largest absolute Gasteiger partial charge is 0.457 e. The molecule has 0 saturated carbocycles. The first-order valence-electron chi connectivity index (χ1n) is 8.21. The second kappa shape index (κ2) is 6.78. The average Bonchev–Trinajstić information content (AvgIpc) is 3.04. The summed E-state index contributed by atoms with van der Waals surface area (Å²) in [5.74, 6) is -0.558. The van der Waals surface area contributed by atoms with Gasteiger partial charge in [0.25, 0.3) is 0 Å². The highest BCUT2D eigenvalue weighted by molar-refractivity contribution is 6.35. The van der Waals surface area contributed by atoms with Gasteiger partial charge in [-0.2, -0.15) is 0 Å². The van der Waals surface area contributed by atoms with Crippen LogP contribution in [0.25, 0.3) is 11.0 Å². The lowest BCUT2D eigenvalue weighted by Crippen LogP contribution is -2.08. The third-order valence-electron chi connectivity index (χ3n) is 4.50. The molecule has 0 unspecified atom stereocenters. The van der Waals surface area contributed by atoms with E-state index in [4.69, 9.17) is 32.4 Å². The van der Waals surface area contributed by atoms with Crippen molar-refractivity contribution in [1.29, 1.82) is 0 Å². The zero-order valence-corrected chi connectivity index (χ0v) is 15.2. The van der Waals surface area contributed by atoms with Crippen LogP contribution < -0.4 is 5.63 Å². The smallest absolute Gasteiger partial charge is 0.338 e. The molecule has 0 aliphatic heterocycles. The van der Waals surface area contributed by atoms with Crippen LogP contribution >= 0.6 is 23.2 Å². The van der Waals surface area contributed by atoms with Crippen molar-refractivity contribution < 1.29 is 13.9 Å². The van der Waals surface area contributed by atoms with E-state index in [0.717, 1.165) is 24.6 Å². The second-order valence-corrected chi connectivity index (χ2v) is 7.17. The van der Waals surface area contributed by atoms with Crippen LogP contribution in [0.2, 0.25) is 10.0 Å². The Morgan fingerprint density at radius 1 is 1.00 bits per heavy atom. The number of hydrogen-bond donors (Lipinski definition) is 0. The summed E-state index contributed by atoms with van der Waals surface area (Å²) in [6.07, 6.45) is 3.09. The minimum Gasteiger partial charge on any atom is -0.457 e. The minimum absolute atomic E-state index is 0.0378. The third kappa shape index (κ3) is 3.35. The predicted octanol–water partition coefficient (Wildman–Crippen LogP) is 4.95. The van der Waals surface area contributed by atoms with Gasteiger partial charge in [0, 0.05) is 27.1 Å². The Bertz CT molecular complexity index is 1060. The molecule has 0 spiro atoms. The van der Waals surface area contributed by atoms with Gasteiger partial charge in [0.2, 0.25) is 0 Å². The van der Waals surface area contributed by atoms with Crippen molar-refractivity contribution in [2.24, 2.45) is 0 Å². The number of benzene rings is 2. The molecule has 3 aromatic rings. The summed E-state index contributed by atoms with van der Waals surface area (Å²) in [7, 11) is 0. The van der Waals surface area contributed by atoms with Crippen molar-refractivity contribution in [2.45, 2.75) is 25.9 Å². The van der Waals surface area contributed by atoms with Crippen LogP contribution in [0.5, 0.6) is 0 Å². The molecule has 6 heteroatoms. The van der Waals surface area contributed by atoms with Gasteiger partial charge in [-0.05, 0) is 60.7 Å². The van der Waals surface area contributed by atoms with Gasteiger partial charge >= 0.3 is 11.6 Å². The molecule has 0 amide bonds. The van der Waals surface area contributed by atoms with Crippen molar-refractivity contribution in [3.8, 4) is 0 Å². The van der Waals surface area contributed by atoms with Crippen LogP contribution in [0.4, 0.5) is 0 Å². The summed E-state index contributed by atoms with van der Waals surface area (Å²) < 4.78 is 10.7. The van der Waals surface area contributed by atoms with Crippen molar-refractivity contribution in [1.82, 2.24) is 0 Å². The molecule has 0 saturated heterocycles. The highest BCUT2D eigenvalue weighted by Gasteiger charge is 2.16. The summed E-state index contributed by atoms with van der Waals surface area (Å²) in [5, 5.41) is 1.50. The van der Waals surface area contributed by atoms with Crippen LogP contribution in [0, 0.1) is 0 Å². The molecule has 0 bridgehead atoms. The highest BCUT2D eigenvalue weighted by atomic mass is 35.5. The summed E-state index contributed by atoms with van der Waals surface area (Å²) in [6, 6.07) is 9.82. The quantitative estimate of drug-likeness (QED) is 0.470. The minimum atomic E-state index is -0.558. The van der Waals surface area contributed by atoms with E-state index >= 15 is 0 Å². The van der Waals surface area contributed by atoms with Crippen LogP contribution in [0.15, 0.2) is 45.6 Å². The SMILES string of the molecule is O=C(OCc1cc(=O)oc2cc3c(cc12)CCC3)c1cc(Cl)cc(Cl)c1. The molecule has 26 heavy (non-hydrogen) atoms. The van der Waals surface area contributed by atoms with Crippen molar-refractivity contribution in [3.63, 3.8) is 0 Å². The molecule has 0 N–H and O–H groups in total. The molecule has 1 heterocycles. The van der Waals surface area contributed by atoms with E-state index in [0.29, 0.717) is 21.2 Å². The fraction of sp³-hybridized carbons (Fsp3) is 0.200. The number of rotatable bonds is 3. The number of halogens is 2. The fourth-order valence-corrected chi connectivity index (χ4v) is 3.84. The first-order valence-corrected chi connectivity index (χ1v) is 8.97. The normalized spacial score (nSPS) is 13.0. The highest BCUT2D eigenvalue weighted by Crippen LogP contribution is 2.29. The van der Waals surface area contributed by atoms with E-state index in [1.54, 1.807) is 0 Å². The number of aryl methyl sites for hydroxylation is 2. The molecule has 1 aliphatic carbocycles. The predicted molar refractivity (Wildman–Crippen MR) is 100 cm³/mol. The Hall–Kier alpha value is -2.30. The van der Waals surface area contributed by atoms with Gasteiger partial charge in [-0.1, -0.05) is 23.2 Å². The Labute approximate surface area is 159 Å². The van der Waals surface area contributed by atoms with Crippen LogP contribution in [-0.4, -0.2) is 5.97 Å². The fourth-order valence-electron chi connectivity index (χ4n) is 3.31. The summed E-state index contributed by atoms with van der Waals surface area (Å²) in [5.41, 5.74) is 3.40. The van der Waals surface area contributed by atoms with E-state index in [2.05, 4.69) is 0 Å². The molecular weight excluding hydrogens is 375 g/mol. The lowest BCUT2D eigenvalue weighted by molar-refractivity contribution is 0.0474. The molecule has 2 aromatic carbocycles. The number of carbonyl (C=O) groups is 1. The van der Waals surface area contributed by atoms with Gasteiger partial charge in [-0.15, -0.1) is 0 Å². The maximum atomic E-state index is 12.3. The Morgan fingerprint density at radius 3 is 2.42 bits per heavy atom. The van der Waals surface area contributed by atoms with Crippen molar-refractivity contribution >= 4 is 40.1 Å². The van der Waals surface area contributed by atoms with Gasteiger partial charge in [0.1, 0.15) is 12.2 Å². The van der Waals surface area contributed by atoms with E-state index in [9.17, 15) is 9.59 Å². The van der Waals surface area contributed by atoms with Crippen molar-refractivity contribution in [2.75, 3.05) is 0 Å². The zero-order chi connectivity index (χ0) is 18.3. The molecule has 4 rings (SSSR count). The average molecular weight is 389 g/mol. The van der Waals surface area contributed by atoms with E-state index in [1.807, 2.05) is 12.1 Å². The summed E-state index contributed by atoms with van der Waals surface area (Å²) in [6.45, 7) is -0.0378. The van der Waals surface area contributed by atoms with Gasteiger partial charge in [-0.3, -0.25) is 0 Å². The zero-order valence-electron chi connectivity index (χ0n) is 13.7. The van der Waals surface area contributed by atoms with Gasteiger partial charge in [0.15, 0.2) is 0 Å². The van der Waals surface area contributed by atoms with E-state index in [1.165, 1.54) is 35.4 Å². The Kier molecular flexibility index (Phi) is 4.47. The number of hydrogen-bond acceptors (Lipinski definition) is 4. The molecule has 132 valence electrons. The summed E-state index contributed by atoms with van der Waals surface area (Å²) in [4.78, 5) is 24.2. The van der Waals surface area contributed by atoms with Gasteiger partial charge in [0.05, 0.1) is 5.56 Å². The standard InChI is InChI=1S/C20H14Cl2O4/c21-15-4-13(5-16(22)9-15)20(24)25-10-14-8-19(23)26-18-7-12-3-1-2-11(12)6-17(14)18/h4-9H,1-3,10H2. The summed E-state index contributed by atoms with van der Waals surface area (Å²) >= 11 is 11.8. The monoisotopic (exact) mass is 388 g/mol. The molecular formula is C20H14Cl2O4. The molecule has 4 nitrogen and oxygen atoms in total. The van der Waals surface area contributed by atoms with Crippen LogP contribution in [-0.2, 0) is 24.2 Å². The second-order valence-electron chi connectivity index (χ2n) is 6.30. The third-order valence-corrected chi connectivity index (χ3v) is 4.94. The van der Waals surface area contributed by atoms with E-state index in [-0.39, 0.29) is 12.2 Å². The molecule has 1 aliphatic rings. The number of esters is 1. The van der Waals surface area contributed by atoms with Gasteiger partial charge < -0.3 is 9.15 Å². The van der Waals surface area contributed by atoms with Gasteiger partial charge in [-0.25, -0.2) is 9.59 Å². The van der Waals surface area contributed by atoms with Crippen LogP contribution in [0.1, 0.15) is 33.5 Å². The lowest BCUT2D eigenvalue weighted by atomic mass is 10.0. The Morgan fingerprint density at radius 2 is 1.69 bits per heavy atom. The van der Waals surface area contributed by atoms with Crippen LogP contribution in [0.3, 0.4) is 0 Å². The molecule has 0 atom stereocenters. The maximum Gasteiger partial charge on any atom is 0.338 e. The number of carbonyl (C=O) groups excluding carboxylic acids is 1. The lowest BCUT2D eigenvalue weighted by Gasteiger charge is -2.09. The van der Waals surface area contributed by atoms with Crippen molar-refractivity contribution in [3.05, 3.63) is 79.1 Å².